The number of amides is 3. The molecule has 69 heavy (non-hydrogen) atoms. The van der Waals surface area contributed by atoms with Crippen LogP contribution in [-0.2, 0) is 46.5 Å². The lowest BCUT2D eigenvalue weighted by Gasteiger charge is -2.31. The predicted molar refractivity (Wildman–Crippen MR) is 241 cm³/mol. The molecule has 0 aliphatic carbocycles. The topological polar surface area (TPSA) is 263 Å². The van der Waals surface area contributed by atoms with E-state index >= 15 is 0 Å². The van der Waals surface area contributed by atoms with E-state index < -0.39 is 23.4 Å². The van der Waals surface area contributed by atoms with Crippen molar-refractivity contribution in [3.8, 4) is 11.5 Å². The minimum Gasteiger partial charge on any atom is -0.494 e. The van der Waals surface area contributed by atoms with E-state index in [4.69, 9.17) is 43.8 Å². The first kappa shape index (κ1) is 50.1. The number of rotatable bonds is 15. The maximum Gasteiger partial charge on any atom is 0.270 e. The van der Waals surface area contributed by atoms with E-state index in [1.807, 2.05) is 0 Å². The van der Waals surface area contributed by atoms with Crippen molar-refractivity contribution in [1.82, 2.24) is 35.9 Å². The van der Waals surface area contributed by atoms with Gasteiger partial charge in [-0.05, 0) is 61.4 Å². The van der Waals surface area contributed by atoms with Crippen LogP contribution in [0.15, 0.2) is 58.8 Å². The van der Waals surface area contributed by atoms with Crippen LogP contribution in [0.1, 0.15) is 74.9 Å². The average Bonchev–Trinajstić information content (AvgIpc) is 4.07. The number of methoxy groups -OCH3 is 2. The molecule has 4 aliphatic heterocycles. The summed E-state index contributed by atoms with van der Waals surface area (Å²) in [5, 5.41) is 16.6. The SMILES string of the molecule is COc1cc(CNC(=O)c2cc(C3=NO[C@H]([C@H]4CO[C@H](CN)CO4)C3)nc(C)n2)ccc1F.COc1cc(CNC(=O)c2cc(C3=NO[C@H]([C@H]4CO[C@H](CNC(C)=O)CO4)C3)nc(C)n2)ccc1F. The minimum atomic E-state index is -0.475. The number of oxime groups is 2. The second kappa shape index (κ2) is 23.5. The highest BCUT2D eigenvalue weighted by atomic mass is 19.1. The zero-order valence-electron chi connectivity index (χ0n) is 38.7. The Morgan fingerprint density at radius 1 is 0.638 bits per heavy atom. The van der Waals surface area contributed by atoms with Gasteiger partial charge in [0.2, 0.25) is 5.91 Å². The standard InChI is InChI=1S/C24H28FN5O6.C22H26FN5O5/c1-13-28-18(7-20(29-13)24(32)27-9-15-4-5-17(25)21(6-15)33-3)19-8-22(36-30-19)23-12-34-16(11-35-23)10-26-14(2)31;1-12-26-16(17-7-20(33-28-17)21-11-31-14(8-24)10-32-21)6-18(27-12)22(29)25-9-13-3-4-15(23)19(5-13)30-2/h4-7,16,22-23H,8-12H2,1-3H3,(H,26,31)(H,27,32);3-6,14,20-21H,7-11,24H2,1-2H3,(H,25,29)/t16-,22+,23-;14-,20+,21-/m11/s1. The van der Waals surface area contributed by atoms with Gasteiger partial charge in [-0.15, -0.1) is 0 Å². The van der Waals surface area contributed by atoms with Crippen molar-refractivity contribution in [3.63, 3.8) is 0 Å². The van der Waals surface area contributed by atoms with Gasteiger partial charge in [-0.25, -0.2) is 28.7 Å². The van der Waals surface area contributed by atoms with Crippen molar-refractivity contribution in [2.24, 2.45) is 16.0 Å². The number of benzene rings is 2. The summed E-state index contributed by atoms with van der Waals surface area (Å²) >= 11 is 0. The van der Waals surface area contributed by atoms with Gasteiger partial charge >= 0.3 is 0 Å². The van der Waals surface area contributed by atoms with Crippen molar-refractivity contribution in [3.05, 3.63) is 106 Å². The Kier molecular flexibility index (Phi) is 17.0. The number of aromatic nitrogens is 4. The van der Waals surface area contributed by atoms with Crippen molar-refractivity contribution >= 4 is 29.1 Å². The van der Waals surface area contributed by atoms with Gasteiger partial charge < -0.3 is 59.8 Å². The molecule has 6 atom stereocenters. The summed E-state index contributed by atoms with van der Waals surface area (Å²) in [5.41, 5.74) is 9.52. The first-order valence-corrected chi connectivity index (χ1v) is 22.1. The van der Waals surface area contributed by atoms with E-state index in [2.05, 4.69) is 46.2 Å². The maximum absolute atomic E-state index is 13.6. The fraction of sp³-hybridized carbons (Fsp3) is 0.457. The van der Waals surface area contributed by atoms with Crippen molar-refractivity contribution in [1.29, 1.82) is 0 Å². The molecule has 0 radical (unpaired) electrons. The molecule has 3 amide bonds. The highest BCUT2D eigenvalue weighted by Crippen LogP contribution is 2.26. The van der Waals surface area contributed by atoms with Crippen molar-refractivity contribution in [2.75, 3.05) is 53.7 Å². The van der Waals surface area contributed by atoms with Crippen LogP contribution < -0.4 is 31.2 Å². The number of halogens is 2. The average molecular weight is 961 g/mol. The Hall–Kier alpha value is -6.79. The number of carbonyl (C=O) groups excluding carboxylic acids is 3. The maximum atomic E-state index is 13.6. The van der Waals surface area contributed by atoms with Gasteiger partial charge in [0.1, 0.15) is 46.7 Å². The van der Waals surface area contributed by atoms with Gasteiger partial charge in [0, 0.05) is 45.9 Å². The van der Waals surface area contributed by atoms with E-state index in [1.54, 1.807) is 38.1 Å². The van der Waals surface area contributed by atoms with Gasteiger partial charge in [0.05, 0.1) is 64.2 Å². The molecule has 23 heteroatoms. The van der Waals surface area contributed by atoms with Crippen LogP contribution in [0, 0.1) is 25.5 Å². The van der Waals surface area contributed by atoms with Gasteiger partial charge in [-0.2, -0.15) is 0 Å². The zero-order chi connectivity index (χ0) is 49.0. The van der Waals surface area contributed by atoms with E-state index in [-0.39, 0.29) is 78.5 Å². The molecule has 0 bridgehead atoms. The number of nitrogens with one attached hydrogen (secondary N) is 3. The van der Waals surface area contributed by atoms with Crippen LogP contribution in [0.2, 0.25) is 0 Å². The van der Waals surface area contributed by atoms with Crippen LogP contribution in [0.4, 0.5) is 8.78 Å². The van der Waals surface area contributed by atoms with Gasteiger partial charge in [0.25, 0.3) is 11.8 Å². The van der Waals surface area contributed by atoms with Crippen LogP contribution in [0.3, 0.4) is 0 Å². The molecule has 8 rings (SSSR count). The van der Waals surface area contributed by atoms with Gasteiger partial charge in [-0.3, -0.25) is 14.4 Å². The molecule has 5 N–H and O–H groups in total. The molecular weight excluding hydrogens is 907 g/mol. The molecule has 4 aliphatic rings. The molecule has 6 heterocycles. The highest BCUT2D eigenvalue weighted by Gasteiger charge is 2.37. The van der Waals surface area contributed by atoms with Gasteiger partial charge in [0.15, 0.2) is 35.3 Å². The molecule has 2 saturated heterocycles. The van der Waals surface area contributed by atoms with Crippen LogP contribution in [0.25, 0.3) is 0 Å². The van der Waals surface area contributed by atoms with Crippen LogP contribution in [-0.4, -0.2) is 139 Å². The van der Waals surface area contributed by atoms with E-state index in [1.165, 1.54) is 45.4 Å². The largest absolute Gasteiger partial charge is 0.494 e. The second-order valence-corrected chi connectivity index (χ2v) is 16.3. The Labute approximate surface area is 395 Å². The number of ether oxygens (including phenoxy) is 6. The number of carbonyl (C=O) groups is 3. The first-order valence-electron chi connectivity index (χ1n) is 22.1. The fourth-order valence-corrected chi connectivity index (χ4v) is 7.39. The van der Waals surface area contributed by atoms with E-state index in [9.17, 15) is 23.2 Å². The summed E-state index contributed by atoms with van der Waals surface area (Å²) in [6.45, 7) is 7.40. The lowest BCUT2D eigenvalue weighted by molar-refractivity contribution is -0.170. The van der Waals surface area contributed by atoms with E-state index in [0.29, 0.717) is 97.9 Å². The number of hydrogen-bond acceptors (Lipinski definition) is 18. The molecule has 0 saturated carbocycles. The molecule has 368 valence electrons. The van der Waals surface area contributed by atoms with Crippen LogP contribution >= 0.6 is 0 Å². The van der Waals surface area contributed by atoms with Crippen molar-refractivity contribution in [2.45, 2.75) is 83.3 Å². The normalized spacial score (nSPS) is 21.9. The number of nitrogens with zero attached hydrogens (tertiary/aromatic N) is 6. The lowest BCUT2D eigenvalue weighted by atomic mass is 10.0. The summed E-state index contributed by atoms with van der Waals surface area (Å²) in [6.07, 6.45) is -0.669. The third-order valence-electron chi connectivity index (χ3n) is 11.1. The molecule has 0 spiro atoms. The second-order valence-electron chi connectivity index (χ2n) is 16.3. The molecule has 2 aromatic carbocycles. The van der Waals surface area contributed by atoms with E-state index in [0.717, 1.165) is 0 Å². The minimum absolute atomic E-state index is 0.103. The predicted octanol–water partition coefficient (Wildman–Crippen LogP) is 2.37. The van der Waals surface area contributed by atoms with Gasteiger partial charge in [-0.1, -0.05) is 22.4 Å². The Morgan fingerprint density at radius 3 is 1.51 bits per heavy atom. The highest BCUT2D eigenvalue weighted by molar-refractivity contribution is 6.02. The zero-order valence-corrected chi connectivity index (χ0v) is 38.7. The Balaban J connectivity index is 0.000000205. The third kappa shape index (κ3) is 13.5. The Bertz CT molecular complexity index is 2540. The fourth-order valence-electron chi connectivity index (χ4n) is 7.39. The number of nitrogens with two attached hydrogens (primary N) is 1. The Morgan fingerprint density at radius 2 is 1.10 bits per heavy atom. The lowest BCUT2D eigenvalue weighted by Crippen LogP contribution is -2.46. The summed E-state index contributed by atoms with van der Waals surface area (Å²) < 4.78 is 60.2. The molecular formula is C46H54F2N10O11. The molecule has 2 fully saturated rings. The quantitative estimate of drug-likeness (QED) is 0.133. The number of aryl methyl sites for hydroxylation is 2. The molecule has 21 nitrogen and oxygen atoms in total. The van der Waals surface area contributed by atoms with Crippen molar-refractivity contribution < 1.29 is 61.3 Å². The van der Waals surface area contributed by atoms with Crippen LogP contribution in [0.5, 0.6) is 11.5 Å². The summed E-state index contributed by atoms with van der Waals surface area (Å²) in [6, 6.07) is 11.9. The smallest absolute Gasteiger partial charge is 0.270 e. The monoisotopic (exact) mass is 960 g/mol. The molecule has 2 aromatic heterocycles. The summed E-state index contributed by atoms with van der Waals surface area (Å²) in [7, 11) is 2.76. The molecule has 0 unspecified atom stereocenters. The molecule has 4 aromatic rings. The first-order chi connectivity index (χ1) is 33.3. The third-order valence-corrected chi connectivity index (χ3v) is 11.1. The number of hydrogen-bond donors (Lipinski definition) is 4. The summed E-state index contributed by atoms with van der Waals surface area (Å²) in [5.74, 6) is -0.814. The summed E-state index contributed by atoms with van der Waals surface area (Å²) in [4.78, 5) is 64.9.